The van der Waals surface area contributed by atoms with E-state index in [2.05, 4.69) is 11.6 Å². The molecule has 0 aromatic heterocycles. The average Bonchev–Trinajstić information content (AvgIpc) is 2.64. The summed E-state index contributed by atoms with van der Waals surface area (Å²) in [6.45, 7) is 1.95. The fourth-order valence-corrected chi connectivity index (χ4v) is 2.91. The summed E-state index contributed by atoms with van der Waals surface area (Å²) in [4.78, 5) is 13.3. The van der Waals surface area contributed by atoms with Gasteiger partial charge in [0.2, 0.25) is 5.91 Å². The minimum atomic E-state index is -0.0504. The zero-order valence-electron chi connectivity index (χ0n) is 10.1. The maximum absolute atomic E-state index is 11.6. The molecule has 0 bridgehead atoms. The standard InChI is InChI=1S/C11H22N2OS/c1-8(11(14)13(2)3)12-9-5-6-10(7-9)15-4/h8-10,12H,5-7H2,1-4H3. The van der Waals surface area contributed by atoms with Gasteiger partial charge in [0.25, 0.3) is 0 Å². The van der Waals surface area contributed by atoms with Gasteiger partial charge in [0.05, 0.1) is 6.04 Å². The van der Waals surface area contributed by atoms with Gasteiger partial charge in [-0.25, -0.2) is 0 Å². The number of carbonyl (C=O) groups excluding carboxylic acids is 1. The molecule has 1 N–H and O–H groups in total. The van der Waals surface area contributed by atoms with Crippen LogP contribution in [0.15, 0.2) is 0 Å². The molecular formula is C11H22N2OS. The van der Waals surface area contributed by atoms with Crippen molar-refractivity contribution in [2.24, 2.45) is 0 Å². The van der Waals surface area contributed by atoms with Crippen molar-refractivity contribution < 1.29 is 4.79 Å². The lowest BCUT2D eigenvalue weighted by molar-refractivity contribution is -0.130. The van der Waals surface area contributed by atoms with Crippen LogP contribution in [0.2, 0.25) is 0 Å². The number of thioether (sulfide) groups is 1. The fourth-order valence-electron chi connectivity index (χ4n) is 2.12. The van der Waals surface area contributed by atoms with Crippen molar-refractivity contribution in [2.45, 2.75) is 43.5 Å². The Hall–Kier alpha value is -0.220. The highest BCUT2D eigenvalue weighted by Gasteiger charge is 2.26. The Morgan fingerprint density at radius 1 is 1.47 bits per heavy atom. The molecule has 0 radical (unpaired) electrons. The van der Waals surface area contributed by atoms with Crippen LogP contribution in [-0.2, 0) is 4.79 Å². The van der Waals surface area contributed by atoms with Gasteiger partial charge >= 0.3 is 0 Å². The second kappa shape index (κ2) is 5.75. The molecule has 0 spiro atoms. The van der Waals surface area contributed by atoms with Gasteiger partial charge in [0, 0.05) is 25.4 Å². The number of amides is 1. The van der Waals surface area contributed by atoms with Crippen LogP contribution in [0.5, 0.6) is 0 Å². The van der Waals surface area contributed by atoms with Crippen LogP contribution in [0.4, 0.5) is 0 Å². The molecule has 3 unspecified atom stereocenters. The quantitative estimate of drug-likeness (QED) is 0.791. The van der Waals surface area contributed by atoms with Crippen molar-refractivity contribution in [1.82, 2.24) is 10.2 Å². The molecular weight excluding hydrogens is 208 g/mol. The number of nitrogens with zero attached hydrogens (tertiary/aromatic N) is 1. The number of hydrogen-bond donors (Lipinski definition) is 1. The normalized spacial score (nSPS) is 27.7. The Morgan fingerprint density at radius 3 is 2.60 bits per heavy atom. The molecule has 15 heavy (non-hydrogen) atoms. The molecule has 1 rings (SSSR count). The van der Waals surface area contributed by atoms with E-state index in [0.29, 0.717) is 6.04 Å². The summed E-state index contributed by atoms with van der Waals surface area (Å²) in [5.41, 5.74) is 0. The molecule has 3 atom stereocenters. The Kier molecular flexibility index (Phi) is 4.93. The third kappa shape index (κ3) is 3.68. The maximum Gasteiger partial charge on any atom is 0.238 e. The number of hydrogen-bond acceptors (Lipinski definition) is 3. The SMILES string of the molecule is CSC1CCC(NC(C)C(=O)N(C)C)C1. The van der Waals surface area contributed by atoms with Gasteiger partial charge in [0.1, 0.15) is 0 Å². The van der Waals surface area contributed by atoms with Crippen LogP contribution >= 0.6 is 11.8 Å². The molecule has 1 aliphatic rings. The van der Waals surface area contributed by atoms with E-state index in [0.717, 1.165) is 5.25 Å². The van der Waals surface area contributed by atoms with E-state index in [4.69, 9.17) is 0 Å². The van der Waals surface area contributed by atoms with E-state index < -0.39 is 0 Å². The molecule has 0 aromatic rings. The monoisotopic (exact) mass is 230 g/mol. The first-order valence-electron chi connectivity index (χ1n) is 5.54. The molecule has 1 aliphatic carbocycles. The zero-order valence-corrected chi connectivity index (χ0v) is 10.9. The first kappa shape index (κ1) is 12.8. The summed E-state index contributed by atoms with van der Waals surface area (Å²) in [6, 6.07) is 0.479. The van der Waals surface area contributed by atoms with Crippen molar-refractivity contribution in [1.29, 1.82) is 0 Å². The minimum absolute atomic E-state index is 0.0504. The number of rotatable bonds is 4. The van der Waals surface area contributed by atoms with Crippen molar-refractivity contribution in [3.8, 4) is 0 Å². The first-order chi connectivity index (χ1) is 7.04. The molecule has 1 fully saturated rings. The zero-order chi connectivity index (χ0) is 11.4. The summed E-state index contributed by atoms with van der Waals surface area (Å²) in [6.07, 6.45) is 5.85. The summed E-state index contributed by atoms with van der Waals surface area (Å²) in [5.74, 6) is 0.169. The van der Waals surface area contributed by atoms with E-state index in [1.54, 1.807) is 19.0 Å². The molecule has 0 saturated heterocycles. The lowest BCUT2D eigenvalue weighted by atomic mass is 10.2. The number of carbonyl (C=O) groups is 1. The van der Waals surface area contributed by atoms with Gasteiger partial charge in [-0.2, -0.15) is 11.8 Å². The van der Waals surface area contributed by atoms with Gasteiger partial charge in [-0.15, -0.1) is 0 Å². The number of likely N-dealkylation sites (N-methyl/N-ethyl adjacent to an activating group) is 1. The van der Waals surface area contributed by atoms with Crippen molar-refractivity contribution in [3.05, 3.63) is 0 Å². The van der Waals surface area contributed by atoms with Crippen LogP contribution in [0.3, 0.4) is 0 Å². The van der Waals surface area contributed by atoms with Gasteiger partial charge < -0.3 is 10.2 Å². The lowest BCUT2D eigenvalue weighted by Gasteiger charge is -2.21. The van der Waals surface area contributed by atoms with Gasteiger partial charge in [-0.3, -0.25) is 4.79 Å². The molecule has 1 amide bonds. The van der Waals surface area contributed by atoms with Gasteiger partial charge in [-0.05, 0) is 32.4 Å². The Bertz CT molecular complexity index is 221. The van der Waals surface area contributed by atoms with E-state index in [-0.39, 0.29) is 11.9 Å². The molecule has 0 aliphatic heterocycles. The molecule has 3 nitrogen and oxygen atoms in total. The molecule has 0 aromatic carbocycles. The second-order valence-electron chi connectivity index (χ2n) is 4.49. The largest absolute Gasteiger partial charge is 0.347 e. The summed E-state index contributed by atoms with van der Waals surface area (Å²) in [5, 5.41) is 4.20. The highest BCUT2D eigenvalue weighted by Crippen LogP contribution is 2.28. The Labute approximate surface area is 97.0 Å². The smallest absolute Gasteiger partial charge is 0.238 e. The van der Waals surface area contributed by atoms with E-state index in [1.807, 2.05) is 18.7 Å². The molecule has 88 valence electrons. The predicted molar refractivity (Wildman–Crippen MR) is 66.2 cm³/mol. The van der Waals surface area contributed by atoms with Crippen LogP contribution in [0.25, 0.3) is 0 Å². The molecule has 0 heterocycles. The van der Waals surface area contributed by atoms with Crippen LogP contribution < -0.4 is 5.32 Å². The third-order valence-electron chi connectivity index (χ3n) is 3.01. The summed E-state index contributed by atoms with van der Waals surface area (Å²) < 4.78 is 0. The molecule has 1 saturated carbocycles. The highest BCUT2D eigenvalue weighted by atomic mass is 32.2. The van der Waals surface area contributed by atoms with E-state index in [1.165, 1.54) is 19.3 Å². The van der Waals surface area contributed by atoms with Crippen LogP contribution in [0.1, 0.15) is 26.2 Å². The van der Waals surface area contributed by atoms with Gasteiger partial charge in [0.15, 0.2) is 0 Å². The van der Waals surface area contributed by atoms with Crippen molar-refractivity contribution >= 4 is 17.7 Å². The predicted octanol–water partition coefficient (Wildman–Crippen LogP) is 1.34. The highest BCUT2D eigenvalue weighted by molar-refractivity contribution is 7.99. The fraction of sp³-hybridized carbons (Fsp3) is 0.909. The van der Waals surface area contributed by atoms with E-state index in [9.17, 15) is 4.79 Å². The molecule has 4 heteroatoms. The Balaban J connectivity index is 2.33. The summed E-state index contributed by atoms with van der Waals surface area (Å²) >= 11 is 1.94. The minimum Gasteiger partial charge on any atom is -0.347 e. The van der Waals surface area contributed by atoms with Crippen molar-refractivity contribution in [2.75, 3.05) is 20.4 Å². The van der Waals surface area contributed by atoms with Gasteiger partial charge in [-0.1, -0.05) is 0 Å². The first-order valence-corrected chi connectivity index (χ1v) is 6.83. The third-order valence-corrected chi connectivity index (χ3v) is 4.11. The average molecular weight is 230 g/mol. The topological polar surface area (TPSA) is 32.3 Å². The summed E-state index contributed by atoms with van der Waals surface area (Å²) in [7, 11) is 3.61. The maximum atomic E-state index is 11.6. The Morgan fingerprint density at radius 2 is 2.13 bits per heavy atom. The van der Waals surface area contributed by atoms with Crippen LogP contribution in [0, 0.1) is 0 Å². The van der Waals surface area contributed by atoms with Crippen LogP contribution in [-0.4, -0.2) is 48.5 Å². The van der Waals surface area contributed by atoms with E-state index >= 15 is 0 Å². The second-order valence-corrected chi connectivity index (χ2v) is 5.63. The number of nitrogens with one attached hydrogen (secondary N) is 1. The van der Waals surface area contributed by atoms with Crippen molar-refractivity contribution in [3.63, 3.8) is 0 Å². The lowest BCUT2D eigenvalue weighted by Crippen LogP contribution is -2.45.